The van der Waals surface area contributed by atoms with Crippen molar-refractivity contribution in [2.45, 2.75) is 33.3 Å². The molecule has 1 amide bonds. The molecular weight excluding hydrogens is 270 g/mol. The van der Waals surface area contributed by atoms with Crippen LogP contribution in [0.15, 0.2) is 33.5 Å². The molecule has 0 unspecified atom stereocenters. The van der Waals surface area contributed by atoms with Crippen molar-refractivity contribution in [3.63, 3.8) is 0 Å². The van der Waals surface area contributed by atoms with Crippen molar-refractivity contribution in [1.82, 2.24) is 5.32 Å². The van der Waals surface area contributed by atoms with Crippen LogP contribution in [0.1, 0.15) is 37.6 Å². The summed E-state index contributed by atoms with van der Waals surface area (Å²) < 4.78 is 10.7. The molecule has 0 aliphatic heterocycles. The molecular formula is C16H19NO4. The molecule has 0 fully saturated rings. The lowest BCUT2D eigenvalue weighted by molar-refractivity contribution is 0.0954. The van der Waals surface area contributed by atoms with Gasteiger partial charge in [0.2, 0.25) is 0 Å². The molecule has 112 valence electrons. The van der Waals surface area contributed by atoms with Crippen molar-refractivity contribution in [2.75, 3.05) is 6.54 Å². The van der Waals surface area contributed by atoms with Crippen molar-refractivity contribution in [3.8, 4) is 5.75 Å². The van der Waals surface area contributed by atoms with Gasteiger partial charge in [-0.15, -0.1) is 0 Å². The Bertz CT molecular complexity index is 703. The van der Waals surface area contributed by atoms with E-state index in [0.29, 0.717) is 28.8 Å². The topological polar surface area (TPSA) is 68.5 Å². The predicted molar refractivity (Wildman–Crippen MR) is 80.9 cm³/mol. The van der Waals surface area contributed by atoms with Gasteiger partial charge in [-0.25, -0.2) is 4.79 Å². The van der Waals surface area contributed by atoms with E-state index in [-0.39, 0.29) is 12.0 Å². The van der Waals surface area contributed by atoms with Gasteiger partial charge in [-0.2, -0.15) is 0 Å². The fraction of sp³-hybridized carbons (Fsp3) is 0.375. The molecule has 0 spiro atoms. The average molecular weight is 289 g/mol. The molecule has 1 heterocycles. The second kappa shape index (κ2) is 6.43. The van der Waals surface area contributed by atoms with Crippen LogP contribution in [-0.4, -0.2) is 18.6 Å². The van der Waals surface area contributed by atoms with Crippen LogP contribution in [0.2, 0.25) is 0 Å². The van der Waals surface area contributed by atoms with Crippen molar-refractivity contribution in [2.24, 2.45) is 0 Å². The predicted octanol–water partition coefficient (Wildman–Crippen LogP) is 2.72. The molecule has 1 aromatic heterocycles. The number of hydrogen-bond acceptors (Lipinski definition) is 4. The van der Waals surface area contributed by atoms with E-state index in [1.54, 1.807) is 18.2 Å². The van der Waals surface area contributed by atoms with Crippen LogP contribution in [0.4, 0.5) is 0 Å². The molecule has 1 N–H and O–H groups in total. The lowest BCUT2D eigenvalue weighted by atomic mass is 10.1. The van der Waals surface area contributed by atoms with E-state index in [1.165, 1.54) is 6.07 Å². The van der Waals surface area contributed by atoms with Crippen LogP contribution >= 0.6 is 0 Å². The molecule has 21 heavy (non-hydrogen) atoms. The van der Waals surface area contributed by atoms with Gasteiger partial charge < -0.3 is 14.5 Å². The zero-order valence-electron chi connectivity index (χ0n) is 12.4. The van der Waals surface area contributed by atoms with E-state index in [1.807, 2.05) is 20.8 Å². The monoisotopic (exact) mass is 289 g/mol. The first kappa shape index (κ1) is 15.1. The van der Waals surface area contributed by atoms with Crippen LogP contribution in [0, 0.1) is 0 Å². The molecule has 1 aromatic carbocycles. The largest absolute Gasteiger partial charge is 0.491 e. The maximum atomic E-state index is 12.1. The summed E-state index contributed by atoms with van der Waals surface area (Å²) in [5, 5.41) is 3.36. The smallest absolute Gasteiger partial charge is 0.337 e. The van der Waals surface area contributed by atoms with E-state index in [2.05, 4.69) is 5.32 Å². The summed E-state index contributed by atoms with van der Waals surface area (Å²) in [6.07, 6.45) is 0.850. The average Bonchev–Trinajstić information content (AvgIpc) is 2.42. The van der Waals surface area contributed by atoms with Crippen molar-refractivity contribution < 1.29 is 13.9 Å². The van der Waals surface area contributed by atoms with Gasteiger partial charge in [-0.05, 0) is 32.4 Å². The molecule has 0 saturated carbocycles. The molecule has 0 aliphatic rings. The van der Waals surface area contributed by atoms with Crippen LogP contribution in [0.3, 0.4) is 0 Å². The summed E-state index contributed by atoms with van der Waals surface area (Å²) in [5.74, 6) is 0.332. The Morgan fingerprint density at radius 2 is 2.10 bits per heavy atom. The van der Waals surface area contributed by atoms with E-state index in [0.717, 1.165) is 6.42 Å². The van der Waals surface area contributed by atoms with E-state index < -0.39 is 5.63 Å². The third-order valence-corrected chi connectivity index (χ3v) is 2.87. The highest BCUT2D eigenvalue weighted by molar-refractivity contribution is 6.05. The molecule has 2 rings (SSSR count). The lowest BCUT2D eigenvalue weighted by Crippen LogP contribution is -2.25. The lowest BCUT2D eigenvalue weighted by Gasteiger charge is -2.11. The van der Waals surface area contributed by atoms with Gasteiger partial charge in [-0.3, -0.25) is 4.79 Å². The van der Waals surface area contributed by atoms with Gasteiger partial charge in [0, 0.05) is 24.1 Å². The molecule has 0 bridgehead atoms. The van der Waals surface area contributed by atoms with E-state index >= 15 is 0 Å². The Balaban J connectivity index is 2.47. The van der Waals surface area contributed by atoms with E-state index in [9.17, 15) is 9.59 Å². The van der Waals surface area contributed by atoms with Gasteiger partial charge >= 0.3 is 5.63 Å². The number of hydrogen-bond donors (Lipinski definition) is 1. The highest BCUT2D eigenvalue weighted by Gasteiger charge is 2.13. The highest BCUT2D eigenvalue weighted by Crippen LogP contribution is 2.23. The fourth-order valence-corrected chi connectivity index (χ4v) is 2.01. The van der Waals surface area contributed by atoms with Gasteiger partial charge in [0.1, 0.15) is 11.3 Å². The van der Waals surface area contributed by atoms with Gasteiger partial charge in [-0.1, -0.05) is 6.92 Å². The Morgan fingerprint density at radius 1 is 1.33 bits per heavy atom. The number of carbonyl (C=O) groups excluding carboxylic acids is 1. The van der Waals surface area contributed by atoms with E-state index in [4.69, 9.17) is 9.15 Å². The quantitative estimate of drug-likeness (QED) is 0.859. The summed E-state index contributed by atoms with van der Waals surface area (Å²) in [5.41, 5.74) is 0.124. The third-order valence-electron chi connectivity index (χ3n) is 2.87. The minimum Gasteiger partial charge on any atom is -0.491 e. The Kier molecular flexibility index (Phi) is 4.62. The first-order chi connectivity index (χ1) is 10.0. The van der Waals surface area contributed by atoms with Crippen LogP contribution in [0.25, 0.3) is 11.0 Å². The summed E-state index contributed by atoms with van der Waals surface area (Å²) >= 11 is 0. The highest BCUT2D eigenvalue weighted by atomic mass is 16.5. The van der Waals surface area contributed by atoms with Crippen molar-refractivity contribution in [1.29, 1.82) is 0 Å². The Morgan fingerprint density at radius 3 is 2.76 bits per heavy atom. The van der Waals surface area contributed by atoms with Crippen molar-refractivity contribution in [3.05, 3.63) is 40.2 Å². The Hall–Kier alpha value is -2.30. The maximum Gasteiger partial charge on any atom is 0.337 e. The number of rotatable bonds is 5. The Labute approximate surface area is 122 Å². The number of fused-ring (bicyclic) bond motifs is 1. The van der Waals surface area contributed by atoms with Crippen LogP contribution in [0.5, 0.6) is 5.75 Å². The molecule has 0 aliphatic carbocycles. The van der Waals surface area contributed by atoms with Gasteiger partial charge in [0.25, 0.3) is 5.91 Å². The number of benzene rings is 1. The normalized spacial score (nSPS) is 10.9. The first-order valence-electron chi connectivity index (χ1n) is 7.04. The zero-order valence-corrected chi connectivity index (χ0v) is 12.4. The minimum absolute atomic E-state index is 0.0187. The molecule has 5 nitrogen and oxygen atoms in total. The standard InChI is InChI=1S/C16H19NO4/c1-4-7-17-16(19)13-9-15(18)21-14-8-11(20-10(2)3)5-6-12(13)14/h5-6,8-10H,4,7H2,1-3H3,(H,17,19). The summed E-state index contributed by atoms with van der Waals surface area (Å²) in [6.45, 7) is 6.35. The second-order valence-electron chi connectivity index (χ2n) is 5.06. The first-order valence-corrected chi connectivity index (χ1v) is 7.04. The molecule has 2 aromatic rings. The second-order valence-corrected chi connectivity index (χ2v) is 5.06. The third kappa shape index (κ3) is 3.62. The summed E-state index contributed by atoms with van der Waals surface area (Å²) in [6, 6.07) is 6.35. The maximum absolute atomic E-state index is 12.1. The van der Waals surface area contributed by atoms with Crippen LogP contribution < -0.4 is 15.7 Å². The number of amides is 1. The summed E-state index contributed by atoms with van der Waals surface area (Å²) in [4.78, 5) is 23.7. The van der Waals surface area contributed by atoms with Crippen molar-refractivity contribution >= 4 is 16.9 Å². The van der Waals surface area contributed by atoms with Crippen LogP contribution in [-0.2, 0) is 0 Å². The SMILES string of the molecule is CCCNC(=O)c1cc(=O)oc2cc(OC(C)C)ccc12. The molecule has 5 heteroatoms. The van der Waals surface area contributed by atoms with Gasteiger partial charge in [0.15, 0.2) is 0 Å². The number of ether oxygens (including phenoxy) is 1. The zero-order chi connectivity index (χ0) is 15.4. The van der Waals surface area contributed by atoms with Gasteiger partial charge in [0.05, 0.1) is 11.7 Å². The molecule has 0 atom stereocenters. The number of carbonyl (C=O) groups is 1. The molecule has 0 radical (unpaired) electrons. The number of nitrogens with one attached hydrogen (secondary N) is 1. The minimum atomic E-state index is -0.550. The fourth-order valence-electron chi connectivity index (χ4n) is 2.01. The molecule has 0 saturated heterocycles. The summed E-state index contributed by atoms with van der Waals surface area (Å²) in [7, 11) is 0.